The van der Waals surface area contributed by atoms with Gasteiger partial charge in [0.15, 0.2) is 0 Å². The monoisotopic (exact) mass is 693 g/mol. The Morgan fingerprint density at radius 3 is 1.49 bits per heavy atom. The molecule has 288 valence electrons. The third kappa shape index (κ3) is 16.4. The van der Waals surface area contributed by atoms with Gasteiger partial charge in [0.2, 0.25) is 12.6 Å². The first kappa shape index (κ1) is 44.0. The fourth-order valence-electron chi connectivity index (χ4n) is 7.82. The lowest BCUT2D eigenvalue weighted by molar-refractivity contribution is -0.205. The van der Waals surface area contributed by atoms with Crippen molar-refractivity contribution in [2.75, 3.05) is 0 Å². The van der Waals surface area contributed by atoms with Gasteiger partial charge in [-0.3, -0.25) is 9.59 Å². The van der Waals surface area contributed by atoms with E-state index in [9.17, 15) is 9.59 Å². The molecule has 0 aromatic carbocycles. The summed E-state index contributed by atoms with van der Waals surface area (Å²) in [5, 5.41) is 0. The molecule has 0 aliphatic heterocycles. The van der Waals surface area contributed by atoms with Gasteiger partial charge < -0.3 is 18.9 Å². The van der Waals surface area contributed by atoms with Crippen LogP contribution in [0.5, 0.6) is 0 Å². The molecule has 0 amide bonds. The Morgan fingerprint density at radius 2 is 1.12 bits per heavy atom. The van der Waals surface area contributed by atoms with Gasteiger partial charge in [0.1, 0.15) is 0 Å². The van der Waals surface area contributed by atoms with Gasteiger partial charge in [0.25, 0.3) is 0 Å². The van der Waals surface area contributed by atoms with Crippen LogP contribution in [0.25, 0.3) is 0 Å². The van der Waals surface area contributed by atoms with Crippen LogP contribution in [0.3, 0.4) is 0 Å². The first-order valence-electron chi connectivity index (χ1n) is 20.1. The van der Waals surface area contributed by atoms with Gasteiger partial charge >= 0.3 is 11.9 Å². The molecule has 3 rings (SSSR count). The normalized spacial score (nSPS) is 24.5. The highest BCUT2D eigenvalue weighted by Gasteiger charge is 2.43. The number of hydrogen-bond acceptors (Lipinski definition) is 6. The molecule has 0 saturated heterocycles. The van der Waals surface area contributed by atoms with Crippen LogP contribution in [0.15, 0.2) is 0 Å². The van der Waals surface area contributed by atoms with Crippen molar-refractivity contribution in [2.24, 2.45) is 51.2 Å². The van der Waals surface area contributed by atoms with Crippen LogP contribution in [0, 0.1) is 51.2 Å². The molecule has 3 aliphatic rings. The summed E-state index contributed by atoms with van der Waals surface area (Å²) >= 11 is 0. The predicted molar refractivity (Wildman–Crippen MR) is 202 cm³/mol. The summed E-state index contributed by atoms with van der Waals surface area (Å²) in [4.78, 5) is 25.9. The zero-order chi connectivity index (χ0) is 37.4. The van der Waals surface area contributed by atoms with Crippen LogP contribution < -0.4 is 0 Å². The van der Waals surface area contributed by atoms with E-state index in [4.69, 9.17) is 18.9 Å². The maximum atomic E-state index is 13.0. The number of carbonyl (C=O) groups is 2. The zero-order valence-electron chi connectivity index (χ0n) is 34.8. The summed E-state index contributed by atoms with van der Waals surface area (Å²) < 4.78 is 24.2. The fourth-order valence-corrected chi connectivity index (χ4v) is 7.82. The van der Waals surface area contributed by atoms with Gasteiger partial charge in [-0.2, -0.15) is 0 Å². The number of ether oxygens (including phenoxy) is 4. The third-order valence-corrected chi connectivity index (χ3v) is 10.7. The lowest BCUT2D eigenvalue weighted by Crippen LogP contribution is -2.37. The summed E-state index contributed by atoms with van der Waals surface area (Å²) in [6.45, 7) is 32.2. The number of rotatable bonds is 13. The fraction of sp³-hybridized carbons (Fsp3) is 0.953. The Morgan fingerprint density at radius 1 is 0.633 bits per heavy atom. The SMILES string of the molecule is CC(C)CC(OC(=O)C(CC(C)(C)C)C(C)(C)C)OC1CCCCC1.CCC(OC(=O)C(CC(C)(C)C)C(C)(C)C)OC1CC2CCC1C2. The van der Waals surface area contributed by atoms with E-state index in [-0.39, 0.29) is 57.8 Å². The predicted octanol–water partition coefficient (Wildman–Crippen LogP) is 11.9. The molecule has 3 aliphatic carbocycles. The molecular formula is C43H80O6. The quantitative estimate of drug-likeness (QED) is 0.141. The molecule has 7 atom stereocenters. The molecule has 3 fully saturated rings. The molecule has 0 aromatic heterocycles. The summed E-state index contributed by atoms with van der Waals surface area (Å²) in [6.07, 6.45) is 14.0. The molecule has 0 spiro atoms. The Balaban J connectivity index is 0.000000340. The highest BCUT2D eigenvalue weighted by molar-refractivity contribution is 5.74. The standard InChI is InChI=1S/C22H42O3.C21H38O3/c1-16(2)14-19(24-17-12-10-9-11-13-17)25-20(23)18(22(6,7)8)15-21(3,4)5;1-8-18(23-17-12-14-9-10-15(17)11-14)24-19(22)16(21(5,6)7)13-20(2,3)4/h16-19H,9-15H2,1-8H3;14-18H,8-13H2,1-7H3. The van der Waals surface area contributed by atoms with Crippen molar-refractivity contribution in [3.05, 3.63) is 0 Å². The minimum Gasteiger partial charge on any atom is -0.436 e. The van der Waals surface area contributed by atoms with Gasteiger partial charge in [-0.25, -0.2) is 0 Å². The molecule has 3 saturated carbocycles. The van der Waals surface area contributed by atoms with Crippen molar-refractivity contribution < 1.29 is 28.5 Å². The van der Waals surface area contributed by atoms with E-state index in [1.165, 1.54) is 38.5 Å². The van der Waals surface area contributed by atoms with E-state index >= 15 is 0 Å². The van der Waals surface area contributed by atoms with E-state index in [0.29, 0.717) is 17.9 Å². The largest absolute Gasteiger partial charge is 0.436 e. The second kappa shape index (κ2) is 18.6. The Hall–Kier alpha value is -1.14. The highest BCUT2D eigenvalue weighted by Crippen LogP contribution is 2.46. The van der Waals surface area contributed by atoms with Crippen molar-refractivity contribution in [1.82, 2.24) is 0 Å². The molecular weight excluding hydrogens is 612 g/mol. The van der Waals surface area contributed by atoms with Crippen LogP contribution in [0.4, 0.5) is 0 Å². The molecule has 0 heterocycles. The minimum atomic E-state index is -0.402. The van der Waals surface area contributed by atoms with Crippen LogP contribution in [0.2, 0.25) is 0 Å². The molecule has 7 unspecified atom stereocenters. The molecule has 2 bridgehead atoms. The van der Waals surface area contributed by atoms with Crippen molar-refractivity contribution in [3.8, 4) is 0 Å². The number of hydrogen-bond donors (Lipinski definition) is 0. The second-order valence-corrected chi connectivity index (χ2v) is 20.9. The molecule has 49 heavy (non-hydrogen) atoms. The first-order valence-corrected chi connectivity index (χ1v) is 20.1. The topological polar surface area (TPSA) is 71.1 Å². The van der Waals surface area contributed by atoms with E-state index < -0.39 is 6.29 Å². The minimum absolute atomic E-state index is 0.0903. The van der Waals surface area contributed by atoms with Gasteiger partial charge in [0.05, 0.1) is 24.0 Å². The van der Waals surface area contributed by atoms with E-state index in [2.05, 4.69) is 96.9 Å². The van der Waals surface area contributed by atoms with E-state index in [1.54, 1.807) is 0 Å². The second-order valence-electron chi connectivity index (χ2n) is 20.9. The summed E-state index contributed by atoms with van der Waals surface area (Å²) in [5.41, 5.74) is -0.0223. The molecule has 0 aromatic rings. The van der Waals surface area contributed by atoms with Crippen LogP contribution >= 0.6 is 0 Å². The zero-order valence-corrected chi connectivity index (χ0v) is 34.8. The summed E-state index contributed by atoms with van der Waals surface area (Å²) in [5.74, 6) is 1.58. The Labute approximate surface area is 303 Å². The lowest BCUT2D eigenvalue weighted by atomic mass is 9.72. The van der Waals surface area contributed by atoms with Gasteiger partial charge in [0, 0.05) is 12.8 Å². The molecule has 0 radical (unpaired) electrons. The number of carbonyl (C=O) groups excluding carboxylic acids is 2. The van der Waals surface area contributed by atoms with Crippen LogP contribution in [-0.2, 0) is 28.5 Å². The maximum Gasteiger partial charge on any atom is 0.311 e. The summed E-state index contributed by atoms with van der Waals surface area (Å²) in [7, 11) is 0. The maximum absolute atomic E-state index is 13.0. The lowest BCUT2D eigenvalue weighted by Gasteiger charge is -2.35. The molecule has 0 N–H and O–H groups in total. The number of fused-ring (bicyclic) bond motifs is 2. The Bertz CT molecular complexity index is 984. The van der Waals surface area contributed by atoms with Crippen LogP contribution in [-0.4, -0.2) is 36.7 Å². The molecule has 6 nitrogen and oxygen atoms in total. The summed E-state index contributed by atoms with van der Waals surface area (Å²) in [6, 6.07) is 0. The van der Waals surface area contributed by atoms with Crippen molar-refractivity contribution in [2.45, 2.75) is 212 Å². The van der Waals surface area contributed by atoms with E-state index in [0.717, 1.165) is 50.9 Å². The average Bonchev–Trinajstić information content (AvgIpc) is 3.56. The van der Waals surface area contributed by atoms with Crippen molar-refractivity contribution in [1.29, 1.82) is 0 Å². The third-order valence-electron chi connectivity index (χ3n) is 10.7. The highest BCUT2D eigenvalue weighted by atomic mass is 16.7. The Kier molecular flexibility index (Phi) is 16.7. The van der Waals surface area contributed by atoms with Gasteiger partial charge in [-0.05, 0) is 90.8 Å². The van der Waals surface area contributed by atoms with Crippen molar-refractivity contribution in [3.63, 3.8) is 0 Å². The first-order chi connectivity index (χ1) is 22.4. The van der Waals surface area contributed by atoms with Crippen molar-refractivity contribution >= 4 is 11.9 Å². The number of esters is 2. The van der Waals surface area contributed by atoms with Gasteiger partial charge in [-0.15, -0.1) is 0 Å². The van der Waals surface area contributed by atoms with Gasteiger partial charge in [-0.1, -0.05) is 123 Å². The molecule has 6 heteroatoms. The van der Waals surface area contributed by atoms with E-state index in [1.807, 2.05) is 6.92 Å². The average molecular weight is 693 g/mol. The smallest absolute Gasteiger partial charge is 0.311 e. The van der Waals surface area contributed by atoms with Crippen LogP contribution in [0.1, 0.15) is 187 Å².